The van der Waals surface area contributed by atoms with Crippen LogP contribution in [0.5, 0.6) is 0 Å². The molecule has 0 fully saturated rings. The van der Waals surface area contributed by atoms with Gasteiger partial charge < -0.3 is 0 Å². The van der Waals surface area contributed by atoms with Crippen molar-refractivity contribution < 1.29 is 4.79 Å². The normalized spacial score (nSPS) is 13.0. The lowest BCUT2D eigenvalue weighted by Gasteiger charge is -2.12. The molecule has 5 rings (SSSR count). The van der Waals surface area contributed by atoms with Crippen LogP contribution >= 0.6 is 23.1 Å². The molecule has 4 nitrogen and oxygen atoms in total. The van der Waals surface area contributed by atoms with Crippen molar-refractivity contribution in [3.63, 3.8) is 0 Å². The molecule has 2 aromatic heterocycles. The SMILES string of the molecule is O=C(CSc1nc2sc3c(c2c(=O)n1-c1ccccc1)CCC3)c1ccccc1. The fraction of sp³-hybridized carbons (Fsp3) is 0.174. The van der Waals surface area contributed by atoms with Crippen LogP contribution in [-0.2, 0) is 12.8 Å². The van der Waals surface area contributed by atoms with Crippen molar-refractivity contribution in [3.05, 3.63) is 87.0 Å². The number of para-hydroxylation sites is 1. The maximum Gasteiger partial charge on any atom is 0.267 e. The number of thiophene rings is 1. The topological polar surface area (TPSA) is 52.0 Å². The van der Waals surface area contributed by atoms with E-state index in [0.717, 1.165) is 35.2 Å². The molecule has 0 aliphatic heterocycles. The number of ketones is 1. The minimum Gasteiger partial charge on any atom is -0.293 e. The summed E-state index contributed by atoms with van der Waals surface area (Å²) in [7, 11) is 0. The number of hydrogen-bond donors (Lipinski definition) is 0. The molecule has 0 amide bonds. The predicted octanol–water partition coefficient (Wildman–Crippen LogP) is 4.91. The zero-order valence-electron chi connectivity index (χ0n) is 15.6. The first-order valence-corrected chi connectivity index (χ1v) is 11.4. The first kappa shape index (κ1) is 18.3. The number of fused-ring (bicyclic) bond motifs is 3. The quantitative estimate of drug-likeness (QED) is 0.262. The summed E-state index contributed by atoms with van der Waals surface area (Å²) in [6, 6.07) is 18.8. The molecule has 0 spiro atoms. The molecule has 0 unspecified atom stereocenters. The molecule has 0 bridgehead atoms. The van der Waals surface area contributed by atoms with Crippen LogP contribution in [0.1, 0.15) is 27.2 Å². The number of hydrogen-bond acceptors (Lipinski definition) is 5. The zero-order valence-corrected chi connectivity index (χ0v) is 17.3. The molecule has 4 aromatic rings. The third-order valence-corrected chi connectivity index (χ3v) is 7.27. The first-order valence-electron chi connectivity index (χ1n) is 9.56. The standard InChI is InChI=1S/C23H18N2O2S2/c26-18(15-8-3-1-4-9-15)14-28-23-24-21-20(17-12-7-13-19(17)29-21)22(27)25(23)16-10-5-2-6-11-16/h1-6,8-11H,7,12-14H2. The van der Waals surface area contributed by atoms with Crippen LogP contribution in [0, 0.1) is 0 Å². The van der Waals surface area contributed by atoms with E-state index in [1.807, 2.05) is 60.7 Å². The van der Waals surface area contributed by atoms with E-state index in [0.29, 0.717) is 10.7 Å². The number of nitrogens with zero attached hydrogens (tertiary/aromatic N) is 2. The second-order valence-electron chi connectivity index (χ2n) is 6.99. The van der Waals surface area contributed by atoms with Crippen LogP contribution in [0.4, 0.5) is 0 Å². The molecule has 0 saturated heterocycles. The summed E-state index contributed by atoms with van der Waals surface area (Å²) in [5.74, 6) is 0.262. The average Bonchev–Trinajstić information content (AvgIpc) is 3.34. The van der Waals surface area contributed by atoms with Crippen LogP contribution in [0.3, 0.4) is 0 Å². The lowest BCUT2D eigenvalue weighted by Crippen LogP contribution is -2.22. The Morgan fingerprint density at radius 2 is 1.76 bits per heavy atom. The maximum atomic E-state index is 13.5. The fourth-order valence-electron chi connectivity index (χ4n) is 3.76. The molecule has 6 heteroatoms. The van der Waals surface area contributed by atoms with Gasteiger partial charge in [0.1, 0.15) is 4.83 Å². The van der Waals surface area contributed by atoms with E-state index in [2.05, 4.69) is 0 Å². The van der Waals surface area contributed by atoms with E-state index in [1.165, 1.54) is 22.2 Å². The summed E-state index contributed by atoms with van der Waals surface area (Å²) in [4.78, 5) is 33.0. The van der Waals surface area contributed by atoms with Gasteiger partial charge in [-0.15, -0.1) is 11.3 Å². The van der Waals surface area contributed by atoms with Crippen molar-refractivity contribution in [3.8, 4) is 5.69 Å². The second kappa shape index (κ2) is 7.61. The Balaban J connectivity index is 1.60. The van der Waals surface area contributed by atoms with Gasteiger partial charge in [0.25, 0.3) is 5.56 Å². The van der Waals surface area contributed by atoms with Gasteiger partial charge in [-0.1, -0.05) is 60.3 Å². The monoisotopic (exact) mass is 418 g/mol. The van der Waals surface area contributed by atoms with Gasteiger partial charge in [0.05, 0.1) is 16.8 Å². The summed E-state index contributed by atoms with van der Waals surface area (Å²) in [5, 5.41) is 1.32. The Hall–Kier alpha value is -2.70. The number of aryl methyl sites for hydroxylation is 2. The minimum atomic E-state index is -0.0322. The maximum absolute atomic E-state index is 13.5. The Labute approximate surface area is 176 Å². The molecular formula is C23H18N2O2S2. The number of benzene rings is 2. The van der Waals surface area contributed by atoms with E-state index >= 15 is 0 Å². The predicted molar refractivity (Wildman–Crippen MR) is 119 cm³/mol. The van der Waals surface area contributed by atoms with Crippen molar-refractivity contribution in [1.82, 2.24) is 9.55 Å². The Morgan fingerprint density at radius 1 is 1.03 bits per heavy atom. The number of thioether (sulfide) groups is 1. The van der Waals surface area contributed by atoms with Crippen molar-refractivity contribution in [2.45, 2.75) is 24.4 Å². The van der Waals surface area contributed by atoms with Crippen molar-refractivity contribution in [2.24, 2.45) is 0 Å². The Bertz CT molecular complexity index is 1260. The highest BCUT2D eigenvalue weighted by molar-refractivity contribution is 7.99. The molecule has 2 aromatic carbocycles. The molecule has 144 valence electrons. The highest BCUT2D eigenvalue weighted by Crippen LogP contribution is 2.36. The third kappa shape index (κ3) is 3.32. The van der Waals surface area contributed by atoms with Crippen LogP contribution < -0.4 is 5.56 Å². The van der Waals surface area contributed by atoms with Crippen molar-refractivity contribution in [1.29, 1.82) is 0 Å². The van der Waals surface area contributed by atoms with Crippen molar-refractivity contribution >= 4 is 39.1 Å². The van der Waals surface area contributed by atoms with E-state index in [-0.39, 0.29) is 17.1 Å². The third-order valence-electron chi connectivity index (χ3n) is 5.15. The Kier molecular flexibility index (Phi) is 4.81. The van der Waals surface area contributed by atoms with E-state index in [4.69, 9.17) is 4.98 Å². The summed E-state index contributed by atoms with van der Waals surface area (Å²) >= 11 is 2.95. The van der Waals surface area contributed by atoms with Gasteiger partial charge in [0.2, 0.25) is 0 Å². The molecule has 0 N–H and O–H groups in total. The van der Waals surface area contributed by atoms with Gasteiger partial charge in [-0.2, -0.15) is 0 Å². The average molecular weight is 419 g/mol. The second-order valence-corrected chi connectivity index (χ2v) is 9.01. The fourth-order valence-corrected chi connectivity index (χ4v) is 5.97. The number of Topliss-reactive ketones (excluding diaryl/α,β-unsaturated/α-hetero) is 1. The summed E-state index contributed by atoms with van der Waals surface area (Å²) in [6.07, 6.45) is 3.07. The summed E-state index contributed by atoms with van der Waals surface area (Å²) in [6.45, 7) is 0. The van der Waals surface area contributed by atoms with Crippen LogP contribution in [0.25, 0.3) is 15.9 Å². The van der Waals surface area contributed by atoms with E-state index in [9.17, 15) is 9.59 Å². The molecular weight excluding hydrogens is 400 g/mol. The molecule has 0 radical (unpaired) electrons. The van der Waals surface area contributed by atoms with Gasteiger partial charge in [0.15, 0.2) is 10.9 Å². The lowest BCUT2D eigenvalue weighted by atomic mass is 10.2. The number of carbonyl (C=O) groups excluding carboxylic acids is 1. The highest BCUT2D eigenvalue weighted by Gasteiger charge is 2.24. The minimum absolute atomic E-state index is 0.0261. The number of rotatable bonds is 5. The largest absolute Gasteiger partial charge is 0.293 e. The van der Waals surface area contributed by atoms with Crippen LogP contribution in [0.15, 0.2) is 70.6 Å². The molecule has 0 atom stereocenters. The zero-order chi connectivity index (χ0) is 19.8. The molecule has 1 aliphatic carbocycles. The molecule has 0 saturated carbocycles. The first-order chi connectivity index (χ1) is 14.2. The molecule has 1 aliphatic rings. The lowest BCUT2D eigenvalue weighted by molar-refractivity contribution is 0.102. The smallest absolute Gasteiger partial charge is 0.267 e. The molecule has 29 heavy (non-hydrogen) atoms. The molecule has 2 heterocycles. The Morgan fingerprint density at radius 3 is 2.52 bits per heavy atom. The summed E-state index contributed by atoms with van der Waals surface area (Å²) < 4.78 is 1.66. The number of carbonyl (C=O) groups is 1. The van der Waals surface area contributed by atoms with E-state index < -0.39 is 0 Å². The van der Waals surface area contributed by atoms with Gasteiger partial charge >= 0.3 is 0 Å². The highest BCUT2D eigenvalue weighted by atomic mass is 32.2. The van der Waals surface area contributed by atoms with Gasteiger partial charge in [-0.3, -0.25) is 14.2 Å². The van der Waals surface area contributed by atoms with Gasteiger partial charge in [-0.05, 0) is 37.0 Å². The van der Waals surface area contributed by atoms with Gasteiger partial charge in [0, 0.05) is 10.4 Å². The van der Waals surface area contributed by atoms with Crippen LogP contribution in [0.2, 0.25) is 0 Å². The van der Waals surface area contributed by atoms with Crippen molar-refractivity contribution in [2.75, 3.05) is 5.75 Å². The summed E-state index contributed by atoms with van der Waals surface area (Å²) in [5.41, 5.74) is 2.59. The van der Waals surface area contributed by atoms with E-state index in [1.54, 1.807) is 15.9 Å². The van der Waals surface area contributed by atoms with Crippen LogP contribution in [-0.4, -0.2) is 21.1 Å². The number of aromatic nitrogens is 2. The van der Waals surface area contributed by atoms with Gasteiger partial charge in [-0.25, -0.2) is 4.98 Å².